The molecule has 23 heavy (non-hydrogen) atoms. The number of rotatable bonds is 6. The average molecular weight is 319 g/mol. The first-order chi connectivity index (χ1) is 11.1. The van der Waals surface area contributed by atoms with E-state index in [4.69, 9.17) is 10.5 Å². The smallest absolute Gasteiger partial charge is 0.258 e. The number of amides is 2. The molecule has 2 rings (SSSR count). The van der Waals surface area contributed by atoms with Crippen LogP contribution in [-0.4, -0.2) is 49.0 Å². The van der Waals surface area contributed by atoms with Gasteiger partial charge in [0.05, 0.1) is 6.54 Å². The van der Waals surface area contributed by atoms with Crippen molar-refractivity contribution in [2.45, 2.75) is 25.8 Å². The van der Waals surface area contributed by atoms with Crippen molar-refractivity contribution in [1.82, 2.24) is 10.2 Å². The standard InChI is InChI=1S/C17H25N3O3/c1-13-7-8-20(14(9-13)10-18)17(22)11-19-16(21)12-23-15-5-3-2-4-6-15/h2-6,13-14H,7-12,18H2,1H3,(H,19,21). The van der Waals surface area contributed by atoms with E-state index in [2.05, 4.69) is 12.2 Å². The molecule has 0 aromatic heterocycles. The summed E-state index contributed by atoms with van der Waals surface area (Å²) in [5.74, 6) is 0.820. The second-order valence-electron chi connectivity index (χ2n) is 5.98. The molecule has 3 N–H and O–H groups in total. The lowest BCUT2D eigenvalue weighted by Crippen LogP contribution is -2.52. The molecule has 1 fully saturated rings. The molecular weight excluding hydrogens is 294 g/mol. The van der Waals surface area contributed by atoms with Gasteiger partial charge >= 0.3 is 0 Å². The molecule has 126 valence electrons. The highest BCUT2D eigenvalue weighted by atomic mass is 16.5. The van der Waals surface area contributed by atoms with E-state index in [-0.39, 0.29) is 31.0 Å². The van der Waals surface area contributed by atoms with E-state index in [1.165, 1.54) is 0 Å². The molecule has 2 unspecified atom stereocenters. The van der Waals surface area contributed by atoms with Crippen molar-refractivity contribution < 1.29 is 14.3 Å². The molecule has 0 aliphatic carbocycles. The largest absolute Gasteiger partial charge is 0.484 e. The Kier molecular flexibility index (Phi) is 6.40. The van der Waals surface area contributed by atoms with E-state index in [9.17, 15) is 9.59 Å². The summed E-state index contributed by atoms with van der Waals surface area (Å²) in [6.07, 6.45) is 1.90. The molecule has 0 spiro atoms. The van der Waals surface area contributed by atoms with Crippen molar-refractivity contribution in [1.29, 1.82) is 0 Å². The predicted molar refractivity (Wildman–Crippen MR) is 87.9 cm³/mol. The van der Waals surface area contributed by atoms with Crippen LogP contribution in [0.1, 0.15) is 19.8 Å². The Balaban J connectivity index is 1.74. The van der Waals surface area contributed by atoms with Crippen LogP contribution >= 0.6 is 0 Å². The van der Waals surface area contributed by atoms with Crippen molar-refractivity contribution in [2.24, 2.45) is 11.7 Å². The molecule has 6 nitrogen and oxygen atoms in total. The SMILES string of the molecule is CC1CCN(C(=O)CNC(=O)COc2ccccc2)C(CN)C1. The van der Waals surface area contributed by atoms with Gasteiger partial charge < -0.3 is 20.7 Å². The van der Waals surface area contributed by atoms with Crippen molar-refractivity contribution in [3.05, 3.63) is 30.3 Å². The summed E-state index contributed by atoms with van der Waals surface area (Å²) >= 11 is 0. The topological polar surface area (TPSA) is 84.7 Å². The van der Waals surface area contributed by atoms with E-state index in [0.717, 1.165) is 12.8 Å². The molecule has 1 aliphatic rings. The minimum Gasteiger partial charge on any atom is -0.484 e. The van der Waals surface area contributed by atoms with Crippen molar-refractivity contribution in [3.8, 4) is 5.75 Å². The van der Waals surface area contributed by atoms with E-state index in [0.29, 0.717) is 24.8 Å². The van der Waals surface area contributed by atoms with Gasteiger partial charge in [-0.3, -0.25) is 9.59 Å². The Hall–Kier alpha value is -2.08. The summed E-state index contributed by atoms with van der Waals surface area (Å²) in [5, 5.41) is 2.61. The molecule has 2 amide bonds. The lowest BCUT2D eigenvalue weighted by molar-refractivity contribution is -0.136. The van der Waals surface area contributed by atoms with Gasteiger partial charge in [0, 0.05) is 19.1 Å². The number of piperidine rings is 1. The second kappa shape index (κ2) is 8.53. The summed E-state index contributed by atoms with van der Waals surface area (Å²) in [7, 11) is 0. The van der Waals surface area contributed by atoms with Crippen molar-refractivity contribution in [3.63, 3.8) is 0 Å². The quantitative estimate of drug-likeness (QED) is 0.811. The van der Waals surface area contributed by atoms with Gasteiger partial charge in [-0.1, -0.05) is 25.1 Å². The third-order valence-corrected chi connectivity index (χ3v) is 4.12. The first-order valence-corrected chi connectivity index (χ1v) is 8.04. The number of ether oxygens (including phenoxy) is 1. The fourth-order valence-corrected chi connectivity index (χ4v) is 2.80. The zero-order valence-electron chi connectivity index (χ0n) is 13.5. The highest BCUT2D eigenvalue weighted by Gasteiger charge is 2.28. The number of carbonyl (C=O) groups is 2. The Morgan fingerprint density at radius 2 is 2.09 bits per heavy atom. The number of nitrogens with two attached hydrogens (primary N) is 1. The van der Waals surface area contributed by atoms with Crippen molar-refractivity contribution in [2.75, 3.05) is 26.2 Å². The minimum absolute atomic E-state index is 0.0120. The van der Waals surface area contributed by atoms with Gasteiger partial charge in [0.15, 0.2) is 6.61 Å². The second-order valence-corrected chi connectivity index (χ2v) is 5.98. The summed E-state index contributed by atoms with van der Waals surface area (Å²) < 4.78 is 5.34. The third kappa shape index (κ3) is 5.25. The van der Waals surface area contributed by atoms with Gasteiger partial charge in [-0.05, 0) is 30.9 Å². The van der Waals surface area contributed by atoms with Gasteiger partial charge in [-0.25, -0.2) is 0 Å². The first kappa shape index (κ1) is 17.3. The van der Waals surface area contributed by atoms with Crippen LogP contribution in [0.25, 0.3) is 0 Å². The monoisotopic (exact) mass is 319 g/mol. The lowest BCUT2D eigenvalue weighted by Gasteiger charge is -2.38. The Labute approximate surface area is 137 Å². The maximum Gasteiger partial charge on any atom is 0.258 e. The molecule has 1 aromatic rings. The normalized spacial score (nSPS) is 20.9. The molecule has 6 heteroatoms. The van der Waals surface area contributed by atoms with Crippen LogP contribution in [0.15, 0.2) is 30.3 Å². The number of likely N-dealkylation sites (tertiary alicyclic amines) is 1. The maximum atomic E-state index is 12.3. The molecule has 1 aromatic carbocycles. The summed E-state index contributed by atoms with van der Waals surface area (Å²) in [4.78, 5) is 25.8. The van der Waals surface area contributed by atoms with Crippen LogP contribution in [-0.2, 0) is 9.59 Å². The fourth-order valence-electron chi connectivity index (χ4n) is 2.80. The van der Waals surface area contributed by atoms with Crippen LogP contribution in [0.3, 0.4) is 0 Å². The molecule has 0 radical (unpaired) electrons. The first-order valence-electron chi connectivity index (χ1n) is 8.04. The Morgan fingerprint density at radius 1 is 1.35 bits per heavy atom. The van der Waals surface area contributed by atoms with E-state index in [1.807, 2.05) is 18.2 Å². The van der Waals surface area contributed by atoms with Crippen LogP contribution in [0.4, 0.5) is 0 Å². The number of hydrogen-bond donors (Lipinski definition) is 2. The highest BCUT2D eigenvalue weighted by Crippen LogP contribution is 2.21. The number of benzene rings is 1. The maximum absolute atomic E-state index is 12.3. The van der Waals surface area contributed by atoms with Crippen molar-refractivity contribution >= 4 is 11.8 Å². The average Bonchev–Trinajstić information content (AvgIpc) is 2.58. The summed E-state index contributed by atoms with van der Waals surface area (Å²) in [6, 6.07) is 9.17. The Morgan fingerprint density at radius 3 is 2.78 bits per heavy atom. The summed E-state index contributed by atoms with van der Waals surface area (Å²) in [6.45, 7) is 3.23. The molecule has 0 bridgehead atoms. The lowest BCUT2D eigenvalue weighted by atomic mass is 9.92. The minimum atomic E-state index is -0.308. The van der Waals surface area contributed by atoms with Crippen LogP contribution < -0.4 is 15.8 Å². The van der Waals surface area contributed by atoms with E-state index >= 15 is 0 Å². The molecule has 1 saturated heterocycles. The van der Waals surface area contributed by atoms with Crippen LogP contribution in [0.2, 0.25) is 0 Å². The van der Waals surface area contributed by atoms with Gasteiger partial charge in [0.1, 0.15) is 5.75 Å². The number of para-hydroxylation sites is 1. The zero-order chi connectivity index (χ0) is 16.7. The predicted octanol–water partition coefficient (Wildman–Crippen LogP) is 0.767. The van der Waals surface area contributed by atoms with Gasteiger partial charge in [-0.15, -0.1) is 0 Å². The number of nitrogens with zero attached hydrogens (tertiary/aromatic N) is 1. The zero-order valence-corrected chi connectivity index (χ0v) is 13.5. The molecule has 2 atom stereocenters. The third-order valence-electron chi connectivity index (χ3n) is 4.12. The van der Waals surface area contributed by atoms with Gasteiger partial charge in [0.2, 0.25) is 5.91 Å². The summed E-state index contributed by atoms with van der Waals surface area (Å²) in [5.41, 5.74) is 5.76. The highest BCUT2D eigenvalue weighted by molar-refractivity contribution is 5.85. The van der Waals surface area contributed by atoms with Crippen LogP contribution in [0, 0.1) is 5.92 Å². The van der Waals surface area contributed by atoms with Crippen LogP contribution in [0.5, 0.6) is 5.75 Å². The molecular formula is C17H25N3O3. The molecule has 1 heterocycles. The number of nitrogens with one attached hydrogen (secondary N) is 1. The molecule has 1 aliphatic heterocycles. The van der Waals surface area contributed by atoms with E-state index in [1.54, 1.807) is 17.0 Å². The number of hydrogen-bond acceptors (Lipinski definition) is 4. The van der Waals surface area contributed by atoms with E-state index < -0.39 is 0 Å². The fraction of sp³-hybridized carbons (Fsp3) is 0.529. The Bertz CT molecular complexity index is 521. The number of carbonyl (C=O) groups excluding carboxylic acids is 2. The molecule has 0 saturated carbocycles. The van der Waals surface area contributed by atoms with Gasteiger partial charge in [0.25, 0.3) is 5.91 Å². The van der Waals surface area contributed by atoms with Gasteiger partial charge in [-0.2, -0.15) is 0 Å².